The van der Waals surface area contributed by atoms with E-state index in [0.29, 0.717) is 29.1 Å². The molecular formula is C27H33ClN4O3S. The maximum atomic E-state index is 12.2. The van der Waals surface area contributed by atoms with Crippen molar-refractivity contribution in [2.75, 3.05) is 49.7 Å². The molecule has 3 heterocycles. The van der Waals surface area contributed by atoms with E-state index in [2.05, 4.69) is 28.4 Å². The predicted molar refractivity (Wildman–Crippen MR) is 146 cm³/mol. The summed E-state index contributed by atoms with van der Waals surface area (Å²) in [6.07, 6.45) is 2.37. The van der Waals surface area contributed by atoms with Gasteiger partial charge in [-0.1, -0.05) is 36.7 Å². The molecule has 0 spiro atoms. The Bertz CT molecular complexity index is 1250. The summed E-state index contributed by atoms with van der Waals surface area (Å²) in [5.74, 6) is 0.911. The zero-order valence-corrected chi connectivity index (χ0v) is 22.5. The normalized spacial score (nSPS) is 16.4. The molecular weight excluding hydrogens is 496 g/mol. The molecule has 0 atom stereocenters. The van der Waals surface area contributed by atoms with Crippen molar-refractivity contribution in [1.29, 1.82) is 0 Å². The average Bonchev–Trinajstić information content (AvgIpc) is 3.44. The first-order valence-corrected chi connectivity index (χ1v) is 13.3. The van der Waals surface area contributed by atoms with Crippen molar-refractivity contribution in [2.24, 2.45) is 0 Å². The molecule has 36 heavy (non-hydrogen) atoms. The summed E-state index contributed by atoms with van der Waals surface area (Å²) < 4.78 is 12.4. The van der Waals surface area contributed by atoms with Gasteiger partial charge in [0.05, 0.1) is 43.8 Å². The lowest BCUT2D eigenvalue weighted by molar-refractivity contribution is -0.943. The molecule has 2 aliphatic heterocycles. The lowest BCUT2D eigenvalue weighted by Gasteiger charge is -2.44. The van der Waals surface area contributed by atoms with Gasteiger partial charge in [0.2, 0.25) is 12.6 Å². The number of anilines is 2. The quantitative estimate of drug-likeness (QED) is 0.251. The standard InChI is InChI=1S/C26H29ClN4O3S.CH3/c1-2-5-25(33)34-17-31(11-8-18-14-19-15-24(32)28-22(19)16-21(18)27)12-9-30(10-13-31)26-20-6-3-4-7-23(20)35-29-26;/h3-4,6-7,14,16H,2,5,8-13,15,17H2,1H3;1H3/q;-1/p+1. The van der Waals surface area contributed by atoms with Crippen LogP contribution in [0.4, 0.5) is 11.5 Å². The van der Waals surface area contributed by atoms with Crippen LogP contribution in [0.1, 0.15) is 30.9 Å². The fourth-order valence-corrected chi connectivity index (χ4v) is 6.01. The number of aromatic nitrogens is 1. The second kappa shape index (κ2) is 11.2. The van der Waals surface area contributed by atoms with Gasteiger partial charge in [0.1, 0.15) is 0 Å². The lowest BCUT2D eigenvalue weighted by Crippen LogP contribution is -2.61. The van der Waals surface area contributed by atoms with E-state index in [4.69, 9.17) is 20.7 Å². The highest BCUT2D eigenvalue weighted by molar-refractivity contribution is 7.13. The van der Waals surface area contributed by atoms with Crippen molar-refractivity contribution in [3.8, 4) is 0 Å². The molecule has 0 aliphatic carbocycles. The van der Waals surface area contributed by atoms with Crippen LogP contribution in [-0.2, 0) is 27.2 Å². The molecule has 0 unspecified atom stereocenters. The summed E-state index contributed by atoms with van der Waals surface area (Å²) >= 11 is 8.11. The third-order valence-electron chi connectivity index (χ3n) is 7.05. The van der Waals surface area contributed by atoms with Crippen LogP contribution in [0.2, 0.25) is 5.02 Å². The Morgan fingerprint density at radius 1 is 1.25 bits per heavy atom. The van der Waals surface area contributed by atoms with Crippen molar-refractivity contribution in [3.63, 3.8) is 0 Å². The molecule has 1 saturated heterocycles. The summed E-state index contributed by atoms with van der Waals surface area (Å²) in [5.41, 5.74) is 2.84. The summed E-state index contributed by atoms with van der Waals surface area (Å²) in [5, 5.41) is 4.72. The Morgan fingerprint density at radius 3 is 2.81 bits per heavy atom. The Labute approximate surface area is 221 Å². The number of piperazine rings is 1. The first-order chi connectivity index (χ1) is 17.0. The van der Waals surface area contributed by atoms with Crippen molar-refractivity contribution in [2.45, 2.75) is 32.6 Å². The molecule has 1 aromatic heterocycles. The number of benzene rings is 2. The van der Waals surface area contributed by atoms with E-state index in [1.807, 2.05) is 25.1 Å². The smallest absolute Gasteiger partial charge is 0.310 e. The fourth-order valence-electron chi connectivity index (χ4n) is 4.95. The summed E-state index contributed by atoms with van der Waals surface area (Å²) in [6.45, 7) is 6.56. The van der Waals surface area contributed by atoms with Crippen molar-refractivity contribution in [1.82, 2.24) is 4.37 Å². The minimum atomic E-state index is -0.141. The zero-order valence-electron chi connectivity index (χ0n) is 20.9. The highest BCUT2D eigenvalue weighted by Crippen LogP contribution is 2.32. The molecule has 3 aromatic rings. The predicted octanol–water partition coefficient (Wildman–Crippen LogP) is 5.07. The molecule has 192 valence electrons. The Hall–Kier alpha value is -2.68. The van der Waals surface area contributed by atoms with Gasteiger partial charge >= 0.3 is 5.97 Å². The molecule has 1 N–H and O–H groups in total. The molecule has 2 aliphatic rings. The second-order valence-electron chi connectivity index (χ2n) is 9.47. The first-order valence-electron chi connectivity index (χ1n) is 12.2. The third kappa shape index (κ3) is 5.51. The number of carbonyl (C=O) groups excluding carboxylic acids is 2. The van der Waals surface area contributed by atoms with Crippen LogP contribution in [0.3, 0.4) is 0 Å². The number of halogens is 1. The van der Waals surface area contributed by atoms with Gasteiger partial charge in [0.15, 0.2) is 5.82 Å². The Balaban J connectivity index is 0.00000304. The third-order valence-corrected chi connectivity index (χ3v) is 8.22. The van der Waals surface area contributed by atoms with E-state index in [1.165, 1.54) is 21.6 Å². The molecule has 1 fully saturated rings. The molecule has 1 amide bonds. The maximum Gasteiger partial charge on any atom is 0.310 e. The van der Waals surface area contributed by atoms with Gasteiger partial charge in [-0.3, -0.25) is 14.1 Å². The molecule has 7 nitrogen and oxygen atoms in total. The molecule has 0 radical (unpaired) electrons. The number of nitrogens with zero attached hydrogens (tertiary/aromatic N) is 3. The van der Waals surface area contributed by atoms with Crippen LogP contribution in [0.5, 0.6) is 0 Å². The second-order valence-corrected chi connectivity index (χ2v) is 10.7. The van der Waals surface area contributed by atoms with Crippen LogP contribution >= 0.6 is 23.1 Å². The lowest BCUT2D eigenvalue weighted by atomic mass is 10.0. The minimum absolute atomic E-state index is 0. The molecule has 0 bridgehead atoms. The Kier molecular flexibility index (Phi) is 8.17. The van der Waals surface area contributed by atoms with Gasteiger partial charge in [0.25, 0.3) is 0 Å². The van der Waals surface area contributed by atoms with Crippen molar-refractivity contribution in [3.05, 3.63) is 60.0 Å². The number of fused-ring (bicyclic) bond motifs is 2. The van der Waals surface area contributed by atoms with E-state index >= 15 is 0 Å². The highest BCUT2D eigenvalue weighted by Gasteiger charge is 2.35. The average molecular weight is 529 g/mol. The fraction of sp³-hybridized carbons (Fsp3) is 0.407. The van der Waals surface area contributed by atoms with Gasteiger partial charge in [-0.2, -0.15) is 4.37 Å². The summed E-state index contributed by atoms with van der Waals surface area (Å²) in [4.78, 5) is 26.3. The molecule has 5 rings (SSSR count). The van der Waals surface area contributed by atoms with Crippen LogP contribution in [-0.4, -0.2) is 60.2 Å². The Morgan fingerprint density at radius 2 is 2.03 bits per heavy atom. The highest BCUT2D eigenvalue weighted by atomic mass is 35.5. The van der Waals surface area contributed by atoms with Gasteiger partial charge < -0.3 is 22.4 Å². The van der Waals surface area contributed by atoms with Gasteiger partial charge in [0, 0.05) is 28.9 Å². The van der Waals surface area contributed by atoms with Gasteiger partial charge in [-0.15, -0.1) is 0 Å². The van der Waals surface area contributed by atoms with Gasteiger partial charge in [-0.25, -0.2) is 0 Å². The monoisotopic (exact) mass is 528 g/mol. The maximum absolute atomic E-state index is 12.2. The molecule has 9 heteroatoms. The number of esters is 1. The first kappa shape index (κ1) is 26.4. The number of nitrogens with one attached hydrogen (secondary N) is 1. The number of hydrogen-bond acceptors (Lipinski definition) is 6. The SMILES string of the molecule is CCCC(=O)OC[N+]1(CCc2cc3c(cc2Cl)NC(=O)C3)CCN(c2nsc3ccccc23)CC1.[CH3-]. The number of rotatable bonds is 8. The molecule has 2 aromatic carbocycles. The number of ether oxygens (including phenoxy) is 1. The minimum Gasteiger partial charge on any atom is -0.415 e. The van der Waals surface area contributed by atoms with Crippen molar-refractivity contribution >= 4 is 56.6 Å². The summed E-state index contributed by atoms with van der Waals surface area (Å²) in [6, 6.07) is 12.2. The van der Waals surface area contributed by atoms with E-state index in [0.717, 1.165) is 68.2 Å². The topological polar surface area (TPSA) is 71.5 Å². The number of amides is 1. The molecule has 0 saturated carbocycles. The van der Waals surface area contributed by atoms with Crippen LogP contribution in [0.15, 0.2) is 36.4 Å². The van der Waals surface area contributed by atoms with E-state index < -0.39 is 0 Å². The largest absolute Gasteiger partial charge is 0.415 e. The van der Waals surface area contributed by atoms with E-state index in [9.17, 15) is 9.59 Å². The van der Waals surface area contributed by atoms with E-state index in [1.54, 1.807) is 0 Å². The zero-order chi connectivity index (χ0) is 24.4. The summed E-state index contributed by atoms with van der Waals surface area (Å²) in [7, 11) is 0. The van der Waals surface area contributed by atoms with Crippen LogP contribution in [0, 0.1) is 7.43 Å². The van der Waals surface area contributed by atoms with Crippen LogP contribution in [0.25, 0.3) is 10.1 Å². The number of hydrogen-bond donors (Lipinski definition) is 1. The van der Waals surface area contributed by atoms with E-state index in [-0.39, 0.29) is 19.3 Å². The number of quaternary nitrogens is 1. The van der Waals surface area contributed by atoms with Crippen molar-refractivity contribution < 1.29 is 18.8 Å². The van der Waals surface area contributed by atoms with Gasteiger partial charge in [-0.05, 0) is 47.3 Å². The van der Waals surface area contributed by atoms with Crippen LogP contribution < -0.4 is 10.2 Å². The number of carbonyl (C=O) groups is 2.